The minimum atomic E-state index is -0.651. The summed E-state index contributed by atoms with van der Waals surface area (Å²) in [6, 6.07) is 15.7. The number of nitrogens with zero attached hydrogens (tertiary/aromatic N) is 2. The molecule has 0 saturated heterocycles. The lowest BCUT2D eigenvalue weighted by Gasteiger charge is -2.24. The van der Waals surface area contributed by atoms with Crippen molar-refractivity contribution in [3.8, 4) is 0 Å². The number of rotatable bonds is 2. The van der Waals surface area contributed by atoms with Gasteiger partial charge in [-0.25, -0.2) is 4.98 Å². The fourth-order valence-corrected chi connectivity index (χ4v) is 2.72. The van der Waals surface area contributed by atoms with Crippen LogP contribution in [0.5, 0.6) is 0 Å². The van der Waals surface area contributed by atoms with Crippen molar-refractivity contribution in [2.24, 2.45) is 12.8 Å². The van der Waals surface area contributed by atoms with E-state index in [2.05, 4.69) is 4.98 Å². The molecule has 4 heteroatoms. The quantitative estimate of drug-likeness (QED) is 0.784. The highest BCUT2D eigenvalue weighted by atomic mass is 35.5. The van der Waals surface area contributed by atoms with Gasteiger partial charge in [-0.05, 0) is 30.7 Å². The van der Waals surface area contributed by atoms with Crippen LogP contribution >= 0.6 is 11.6 Å². The molecule has 0 saturated carbocycles. The van der Waals surface area contributed by atoms with Crippen LogP contribution in [0.2, 0.25) is 5.02 Å². The average Bonchev–Trinajstić information content (AvgIpc) is 2.77. The van der Waals surface area contributed by atoms with E-state index in [0.29, 0.717) is 5.02 Å². The third-order valence-corrected chi connectivity index (χ3v) is 3.92. The predicted octanol–water partition coefficient (Wildman–Crippen LogP) is 3.45. The van der Waals surface area contributed by atoms with Crippen LogP contribution in [0.4, 0.5) is 0 Å². The van der Waals surface area contributed by atoms with E-state index >= 15 is 0 Å². The molecule has 3 aromatic rings. The normalized spacial score (nSPS) is 14.4. The molecule has 20 heavy (non-hydrogen) atoms. The second kappa shape index (κ2) is 4.62. The first-order valence-electron chi connectivity index (χ1n) is 6.47. The van der Waals surface area contributed by atoms with Crippen LogP contribution in [0.3, 0.4) is 0 Å². The second-order valence-electron chi connectivity index (χ2n) is 5.20. The van der Waals surface area contributed by atoms with Crippen LogP contribution < -0.4 is 5.73 Å². The van der Waals surface area contributed by atoms with Crippen LogP contribution in [-0.2, 0) is 12.6 Å². The van der Waals surface area contributed by atoms with Crippen LogP contribution in [0, 0.1) is 0 Å². The number of fused-ring (bicyclic) bond motifs is 1. The molecule has 1 atom stereocenters. The van der Waals surface area contributed by atoms with E-state index < -0.39 is 5.54 Å². The highest BCUT2D eigenvalue weighted by Gasteiger charge is 2.29. The number of halogens is 1. The molecule has 0 spiro atoms. The second-order valence-corrected chi connectivity index (χ2v) is 5.63. The number of aryl methyl sites for hydroxylation is 1. The van der Waals surface area contributed by atoms with Gasteiger partial charge in [0.2, 0.25) is 0 Å². The number of imidazole rings is 1. The number of hydrogen-bond acceptors (Lipinski definition) is 2. The Bertz CT molecular complexity index is 760. The van der Waals surface area contributed by atoms with Crippen molar-refractivity contribution in [2.75, 3.05) is 0 Å². The third kappa shape index (κ3) is 1.99. The van der Waals surface area contributed by atoms with Crippen molar-refractivity contribution < 1.29 is 0 Å². The standard InChI is InChI=1S/C16H16ClN3/c1-16(18,11-6-4-3-5-7-11)15-19-13-10-12(17)8-9-14(13)20(15)2/h3-10H,18H2,1-2H3. The fraction of sp³-hybridized carbons (Fsp3) is 0.188. The van der Waals surface area contributed by atoms with Gasteiger partial charge in [0.25, 0.3) is 0 Å². The number of nitrogens with two attached hydrogens (primary N) is 1. The molecule has 1 unspecified atom stereocenters. The van der Waals surface area contributed by atoms with E-state index in [0.717, 1.165) is 22.4 Å². The molecule has 1 aromatic heterocycles. The van der Waals surface area contributed by atoms with Crippen LogP contribution in [-0.4, -0.2) is 9.55 Å². The maximum Gasteiger partial charge on any atom is 0.134 e. The van der Waals surface area contributed by atoms with E-state index in [9.17, 15) is 0 Å². The Morgan fingerprint density at radius 2 is 1.85 bits per heavy atom. The summed E-state index contributed by atoms with van der Waals surface area (Å²) >= 11 is 6.03. The number of hydrogen-bond donors (Lipinski definition) is 1. The van der Waals surface area contributed by atoms with Gasteiger partial charge in [0.05, 0.1) is 16.6 Å². The number of aromatic nitrogens is 2. The zero-order valence-electron chi connectivity index (χ0n) is 11.5. The van der Waals surface area contributed by atoms with Crippen LogP contribution in [0.25, 0.3) is 11.0 Å². The zero-order chi connectivity index (χ0) is 14.3. The summed E-state index contributed by atoms with van der Waals surface area (Å²) in [6.07, 6.45) is 0. The third-order valence-electron chi connectivity index (χ3n) is 3.68. The van der Waals surface area contributed by atoms with Crippen molar-refractivity contribution in [2.45, 2.75) is 12.5 Å². The molecule has 0 fully saturated rings. The van der Waals surface area contributed by atoms with Crippen molar-refractivity contribution >= 4 is 22.6 Å². The average molecular weight is 286 g/mol. The lowest BCUT2D eigenvalue weighted by Crippen LogP contribution is -2.37. The van der Waals surface area contributed by atoms with Crippen molar-refractivity contribution in [1.29, 1.82) is 0 Å². The first-order chi connectivity index (χ1) is 9.50. The van der Waals surface area contributed by atoms with E-state index in [1.807, 2.05) is 67.1 Å². The highest BCUT2D eigenvalue weighted by Crippen LogP contribution is 2.29. The molecule has 1 heterocycles. The van der Waals surface area contributed by atoms with Gasteiger partial charge in [-0.3, -0.25) is 0 Å². The molecular formula is C16H16ClN3. The van der Waals surface area contributed by atoms with Gasteiger partial charge in [0, 0.05) is 12.1 Å². The monoisotopic (exact) mass is 285 g/mol. The highest BCUT2D eigenvalue weighted by molar-refractivity contribution is 6.31. The molecule has 2 N–H and O–H groups in total. The Labute approximate surface area is 123 Å². The molecule has 102 valence electrons. The Hall–Kier alpha value is -1.84. The molecule has 3 rings (SSSR count). The Balaban J connectivity index is 2.21. The van der Waals surface area contributed by atoms with Crippen molar-refractivity contribution in [1.82, 2.24) is 9.55 Å². The molecular weight excluding hydrogens is 270 g/mol. The molecule has 0 aliphatic rings. The topological polar surface area (TPSA) is 43.8 Å². The predicted molar refractivity (Wildman–Crippen MR) is 82.8 cm³/mol. The van der Waals surface area contributed by atoms with E-state index in [1.165, 1.54) is 0 Å². The molecule has 0 aliphatic carbocycles. The van der Waals surface area contributed by atoms with Gasteiger partial charge in [-0.1, -0.05) is 41.9 Å². The minimum absolute atomic E-state index is 0.651. The molecule has 0 aliphatic heterocycles. The molecule has 0 bridgehead atoms. The summed E-state index contributed by atoms with van der Waals surface area (Å²) in [7, 11) is 1.98. The molecule has 0 radical (unpaired) electrons. The SMILES string of the molecule is Cn1c(C(C)(N)c2ccccc2)nc2cc(Cl)ccc21. The first kappa shape index (κ1) is 13.2. The smallest absolute Gasteiger partial charge is 0.134 e. The first-order valence-corrected chi connectivity index (χ1v) is 6.85. The zero-order valence-corrected chi connectivity index (χ0v) is 12.2. The van der Waals surface area contributed by atoms with Crippen molar-refractivity contribution in [3.63, 3.8) is 0 Å². The van der Waals surface area contributed by atoms with Gasteiger partial charge in [-0.15, -0.1) is 0 Å². The van der Waals surface area contributed by atoms with Gasteiger partial charge in [0.1, 0.15) is 5.82 Å². The molecule has 0 amide bonds. The lowest BCUT2D eigenvalue weighted by molar-refractivity contribution is 0.538. The summed E-state index contributed by atoms with van der Waals surface area (Å²) < 4.78 is 2.03. The largest absolute Gasteiger partial charge is 0.329 e. The maximum atomic E-state index is 6.55. The van der Waals surface area contributed by atoms with Gasteiger partial charge >= 0.3 is 0 Å². The summed E-state index contributed by atoms with van der Waals surface area (Å²) in [5, 5.41) is 0.681. The number of benzene rings is 2. The summed E-state index contributed by atoms with van der Waals surface area (Å²) in [6.45, 7) is 1.98. The van der Waals surface area contributed by atoms with Gasteiger partial charge in [-0.2, -0.15) is 0 Å². The van der Waals surface area contributed by atoms with Crippen LogP contribution in [0.15, 0.2) is 48.5 Å². The maximum absolute atomic E-state index is 6.55. The van der Waals surface area contributed by atoms with E-state index in [4.69, 9.17) is 17.3 Å². The van der Waals surface area contributed by atoms with Gasteiger partial charge in [0.15, 0.2) is 0 Å². The summed E-state index contributed by atoms with van der Waals surface area (Å²) in [5.74, 6) is 0.820. The summed E-state index contributed by atoms with van der Waals surface area (Å²) in [5.41, 5.74) is 8.81. The van der Waals surface area contributed by atoms with Crippen molar-refractivity contribution in [3.05, 3.63) is 64.9 Å². The summed E-state index contributed by atoms with van der Waals surface area (Å²) in [4.78, 5) is 4.67. The van der Waals surface area contributed by atoms with E-state index in [1.54, 1.807) is 0 Å². The Morgan fingerprint density at radius 3 is 2.55 bits per heavy atom. The van der Waals surface area contributed by atoms with Crippen LogP contribution in [0.1, 0.15) is 18.3 Å². The molecule has 2 aromatic carbocycles. The van der Waals surface area contributed by atoms with Gasteiger partial charge < -0.3 is 10.3 Å². The minimum Gasteiger partial charge on any atom is -0.329 e. The Morgan fingerprint density at radius 1 is 1.15 bits per heavy atom. The lowest BCUT2D eigenvalue weighted by atomic mass is 9.92. The van der Waals surface area contributed by atoms with E-state index in [-0.39, 0.29) is 0 Å². The molecule has 3 nitrogen and oxygen atoms in total. The fourth-order valence-electron chi connectivity index (χ4n) is 2.55. The Kier molecular flexibility index (Phi) is 3.04.